The van der Waals surface area contributed by atoms with Crippen molar-refractivity contribution < 1.29 is 14.6 Å². The first-order valence-corrected chi connectivity index (χ1v) is 7.43. The lowest BCUT2D eigenvalue weighted by atomic mass is 9.95. The zero-order valence-electron chi connectivity index (χ0n) is 13.2. The first-order valence-electron chi connectivity index (χ1n) is 7.43. The zero-order chi connectivity index (χ0) is 16.7. The van der Waals surface area contributed by atoms with Crippen molar-refractivity contribution in [2.45, 2.75) is 12.6 Å². The van der Waals surface area contributed by atoms with Crippen LogP contribution in [0, 0.1) is 0 Å². The normalized spacial score (nSPS) is 17.0. The Morgan fingerprint density at radius 1 is 1.12 bits per heavy atom. The van der Waals surface area contributed by atoms with Crippen molar-refractivity contribution in [3.63, 3.8) is 0 Å². The molecule has 0 radical (unpaired) electrons. The molecule has 0 amide bonds. The summed E-state index contributed by atoms with van der Waals surface area (Å²) < 4.78 is 12.2. The molecule has 0 saturated heterocycles. The van der Waals surface area contributed by atoms with Crippen LogP contribution in [-0.4, -0.2) is 51.1 Å². The molecule has 0 bridgehead atoms. The average Bonchev–Trinajstić information content (AvgIpc) is 3.08. The molecule has 1 atom stereocenters. The molecule has 0 spiro atoms. The van der Waals surface area contributed by atoms with Crippen LogP contribution in [0.2, 0.25) is 0 Å². The van der Waals surface area contributed by atoms with Gasteiger partial charge < -0.3 is 19.5 Å². The SMILES string of the molecule is COc1ccc(OC)c2c1CN(c1ccc3nnnn3n1)CC2O. The quantitative estimate of drug-likeness (QED) is 0.746. The molecule has 9 nitrogen and oxygen atoms in total. The Kier molecular flexibility index (Phi) is 3.42. The summed E-state index contributed by atoms with van der Waals surface area (Å²) in [6.07, 6.45) is -0.717. The minimum Gasteiger partial charge on any atom is -0.496 e. The molecule has 1 N–H and O–H groups in total. The second kappa shape index (κ2) is 5.60. The number of benzene rings is 1. The lowest BCUT2D eigenvalue weighted by Gasteiger charge is -2.34. The number of aliphatic hydroxyl groups excluding tert-OH is 1. The summed E-state index contributed by atoms with van der Waals surface area (Å²) in [6.45, 7) is 0.921. The van der Waals surface area contributed by atoms with Gasteiger partial charge in [-0.15, -0.1) is 14.8 Å². The van der Waals surface area contributed by atoms with Crippen LogP contribution >= 0.6 is 0 Å². The number of anilines is 1. The van der Waals surface area contributed by atoms with Gasteiger partial charge in [0.15, 0.2) is 11.5 Å². The Balaban J connectivity index is 1.77. The van der Waals surface area contributed by atoms with E-state index < -0.39 is 6.10 Å². The van der Waals surface area contributed by atoms with Gasteiger partial charge in [0.1, 0.15) is 17.6 Å². The highest BCUT2D eigenvalue weighted by Crippen LogP contribution is 2.40. The van der Waals surface area contributed by atoms with E-state index >= 15 is 0 Å². The number of hydrogen-bond acceptors (Lipinski definition) is 8. The summed E-state index contributed by atoms with van der Waals surface area (Å²) >= 11 is 0. The van der Waals surface area contributed by atoms with E-state index in [4.69, 9.17) is 9.47 Å². The van der Waals surface area contributed by atoms with Gasteiger partial charge in [-0.05, 0) is 34.7 Å². The molecule has 1 aromatic carbocycles. The molecule has 124 valence electrons. The number of rotatable bonds is 3. The number of aromatic nitrogens is 5. The van der Waals surface area contributed by atoms with Crippen LogP contribution in [0.25, 0.3) is 5.65 Å². The van der Waals surface area contributed by atoms with Crippen LogP contribution in [0.4, 0.5) is 5.82 Å². The summed E-state index contributed by atoms with van der Waals surface area (Å²) in [4.78, 5) is 1.95. The summed E-state index contributed by atoms with van der Waals surface area (Å²) in [6, 6.07) is 7.26. The summed E-state index contributed by atoms with van der Waals surface area (Å²) in [7, 11) is 3.20. The maximum Gasteiger partial charge on any atom is 0.200 e. The van der Waals surface area contributed by atoms with Gasteiger partial charge in [-0.3, -0.25) is 0 Å². The van der Waals surface area contributed by atoms with E-state index in [0.717, 1.165) is 11.1 Å². The molecule has 0 fully saturated rings. The van der Waals surface area contributed by atoms with Crippen molar-refractivity contribution in [2.75, 3.05) is 25.7 Å². The minimum absolute atomic E-state index is 0.386. The highest BCUT2D eigenvalue weighted by atomic mass is 16.5. The lowest BCUT2D eigenvalue weighted by molar-refractivity contribution is 0.169. The van der Waals surface area contributed by atoms with Crippen LogP contribution < -0.4 is 14.4 Å². The number of hydrogen-bond donors (Lipinski definition) is 1. The third-order valence-electron chi connectivity index (χ3n) is 4.17. The third-order valence-corrected chi connectivity index (χ3v) is 4.17. The van der Waals surface area contributed by atoms with Gasteiger partial charge in [-0.25, -0.2) is 0 Å². The second-order valence-electron chi connectivity index (χ2n) is 5.48. The van der Waals surface area contributed by atoms with Gasteiger partial charge in [-0.1, -0.05) is 0 Å². The van der Waals surface area contributed by atoms with E-state index in [0.29, 0.717) is 36.1 Å². The predicted molar refractivity (Wildman–Crippen MR) is 84.1 cm³/mol. The monoisotopic (exact) mass is 328 g/mol. The molecule has 1 aliphatic rings. The summed E-state index contributed by atoms with van der Waals surface area (Å²) in [5, 5.41) is 26.3. The van der Waals surface area contributed by atoms with E-state index in [1.54, 1.807) is 20.3 Å². The Morgan fingerprint density at radius 2 is 1.92 bits per heavy atom. The highest BCUT2D eigenvalue weighted by Gasteiger charge is 2.30. The van der Waals surface area contributed by atoms with Crippen LogP contribution in [0.1, 0.15) is 17.2 Å². The van der Waals surface area contributed by atoms with Crippen LogP contribution in [0.3, 0.4) is 0 Å². The van der Waals surface area contributed by atoms with E-state index in [-0.39, 0.29) is 0 Å². The molecule has 24 heavy (non-hydrogen) atoms. The van der Waals surface area contributed by atoms with Gasteiger partial charge >= 0.3 is 0 Å². The molecule has 2 aromatic heterocycles. The van der Waals surface area contributed by atoms with Gasteiger partial charge in [0, 0.05) is 17.7 Å². The van der Waals surface area contributed by atoms with Gasteiger partial charge in [0.05, 0.1) is 20.8 Å². The Morgan fingerprint density at radius 3 is 2.71 bits per heavy atom. The molecule has 1 unspecified atom stereocenters. The first-order chi connectivity index (χ1) is 11.7. The first kappa shape index (κ1) is 14.6. The summed E-state index contributed by atoms with van der Waals surface area (Å²) in [5.74, 6) is 2.03. The van der Waals surface area contributed by atoms with Crippen LogP contribution in [-0.2, 0) is 6.54 Å². The molecular weight excluding hydrogens is 312 g/mol. The molecule has 0 saturated carbocycles. The lowest BCUT2D eigenvalue weighted by Crippen LogP contribution is -2.35. The molecule has 9 heteroatoms. The highest BCUT2D eigenvalue weighted by molar-refractivity contribution is 5.56. The fourth-order valence-corrected chi connectivity index (χ4v) is 3.06. The average molecular weight is 328 g/mol. The number of aliphatic hydroxyl groups is 1. The van der Waals surface area contributed by atoms with Crippen molar-refractivity contribution in [1.82, 2.24) is 25.3 Å². The largest absolute Gasteiger partial charge is 0.496 e. The van der Waals surface area contributed by atoms with Crippen molar-refractivity contribution in [1.29, 1.82) is 0 Å². The maximum absolute atomic E-state index is 10.6. The second-order valence-corrected chi connectivity index (χ2v) is 5.48. The molecule has 4 rings (SSSR count). The molecule has 3 aromatic rings. The number of ether oxygens (including phenoxy) is 2. The molecule has 3 heterocycles. The van der Waals surface area contributed by atoms with Crippen molar-refractivity contribution in [3.05, 3.63) is 35.4 Å². The number of nitrogens with zero attached hydrogens (tertiary/aromatic N) is 6. The molecule has 1 aliphatic heterocycles. The van der Waals surface area contributed by atoms with Gasteiger partial charge in [-0.2, -0.15) is 0 Å². The number of tetrazole rings is 1. The molecular formula is C15H16N6O3. The van der Waals surface area contributed by atoms with Crippen LogP contribution in [0.15, 0.2) is 24.3 Å². The fraction of sp³-hybridized carbons (Fsp3) is 0.333. The van der Waals surface area contributed by atoms with Crippen molar-refractivity contribution >= 4 is 11.5 Å². The van der Waals surface area contributed by atoms with E-state index in [1.165, 1.54) is 4.63 Å². The Labute approximate surface area is 137 Å². The van der Waals surface area contributed by atoms with E-state index in [9.17, 15) is 5.11 Å². The smallest absolute Gasteiger partial charge is 0.200 e. The topological polar surface area (TPSA) is 97.9 Å². The number of fused-ring (bicyclic) bond motifs is 2. The number of β-amino-alcohol motifs (C(OH)–C–C–N with tert-alkyl or cyclic N) is 1. The van der Waals surface area contributed by atoms with Gasteiger partial charge in [0.2, 0.25) is 0 Å². The van der Waals surface area contributed by atoms with Gasteiger partial charge in [0.25, 0.3) is 0 Å². The Hall–Kier alpha value is -2.94. The number of methoxy groups -OCH3 is 2. The van der Waals surface area contributed by atoms with Crippen LogP contribution in [0.5, 0.6) is 11.5 Å². The van der Waals surface area contributed by atoms with Crippen molar-refractivity contribution in [3.8, 4) is 11.5 Å². The minimum atomic E-state index is -0.717. The Bertz CT molecular complexity index is 896. The molecule has 0 aliphatic carbocycles. The van der Waals surface area contributed by atoms with Crippen molar-refractivity contribution in [2.24, 2.45) is 0 Å². The predicted octanol–water partition coefficient (Wildman–Crippen LogP) is 0.590. The zero-order valence-corrected chi connectivity index (χ0v) is 13.2. The van der Waals surface area contributed by atoms with E-state index in [1.807, 2.05) is 23.1 Å². The standard InChI is InChI=1S/C15H16N6O3/c1-23-11-3-4-12(24-2)15-9(11)7-20(8-10(15)22)14-6-5-13-16-18-19-21(13)17-14/h3-6,10,22H,7-8H2,1-2H3. The summed E-state index contributed by atoms with van der Waals surface area (Å²) in [5.41, 5.74) is 2.21. The third kappa shape index (κ3) is 2.21. The van der Waals surface area contributed by atoms with E-state index in [2.05, 4.69) is 20.6 Å². The maximum atomic E-state index is 10.6. The fourth-order valence-electron chi connectivity index (χ4n) is 3.06.